The van der Waals surface area contributed by atoms with Crippen LogP contribution in [0.15, 0.2) is 72.8 Å². The van der Waals surface area contributed by atoms with Gasteiger partial charge in [0.05, 0.1) is 6.61 Å². The van der Waals surface area contributed by atoms with Crippen molar-refractivity contribution in [1.29, 1.82) is 0 Å². The Labute approximate surface area is 212 Å². The van der Waals surface area contributed by atoms with Crippen molar-refractivity contribution < 1.29 is 13.9 Å². The van der Waals surface area contributed by atoms with Crippen molar-refractivity contribution in [2.75, 3.05) is 38.7 Å². The molecule has 0 saturated carbocycles. The number of urea groups is 1. The third kappa shape index (κ3) is 5.01. The maximum Gasteiger partial charge on any atom is 0.321 e. The second-order valence-corrected chi connectivity index (χ2v) is 9.88. The van der Waals surface area contributed by atoms with Gasteiger partial charge in [-0.15, -0.1) is 0 Å². The van der Waals surface area contributed by atoms with Crippen LogP contribution < -0.4 is 5.32 Å². The largest absolute Gasteiger partial charge is 0.383 e. The van der Waals surface area contributed by atoms with E-state index in [0.29, 0.717) is 31.4 Å². The number of anilines is 1. The summed E-state index contributed by atoms with van der Waals surface area (Å²) in [5.41, 5.74) is 5.63. The zero-order chi connectivity index (χ0) is 25.1. The van der Waals surface area contributed by atoms with Crippen LogP contribution in [0, 0.1) is 12.7 Å². The first-order valence-corrected chi connectivity index (χ1v) is 12.8. The fourth-order valence-electron chi connectivity index (χ4n) is 5.79. The van der Waals surface area contributed by atoms with Crippen LogP contribution in [0.2, 0.25) is 0 Å². The van der Waals surface area contributed by atoms with Crippen LogP contribution in [0.25, 0.3) is 11.1 Å². The fraction of sp³-hybridized carbons (Fsp3) is 0.367. The van der Waals surface area contributed by atoms with Gasteiger partial charge in [0.2, 0.25) is 0 Å². The molecule has 3 aromatic carbocycles. The standard InChI is InChI=1S/C30H34FN3O2/c1-21-7-3-4-8-26(21)22-9-11-23(12-10-22)29-27-19-33(17-5-6-18-34(27)28(29)20-36-2)30(35)32-25-15-13-24(31)14-16-25/h3-4,7-16,27-29H,5-6,17-20H2,1-2H3,(H,32,35)/t27-,28+,29+/m0/s1. The number of methoxy groups -OCH3 is 1. The molecule has 2 aliphatic rings. The van der Waals surface area contributed by atoms with Crippen LogP contribution in [0.3, 0.4) is 0 Å². The van der Waals surface area contributed by atoms with E-state index in [2.05, 4.69) is 65.7 Å². The molecule has 2 saturated heterocycles. The van der Waals surface area contributed by atoms with Crippen molar-refractivity contribution >= 4 is 11.7 Å². The van der Waals surface area contributed by atoms with Crippen molar-refractivity contribution in [3.63, 3.8) is 0 Å². The normalized spacial score (nSPS) is 22.2. The Balaban J connectivity index is 1.36. The first-order chi connectivity index (χ1) is 17.5. The van der Waals surface area contributed by atoms with E-state index in [0.717, 1.165) is 19.4 Å². The molecule has 36 heavy (non-hydrogen) atoms. The smallest absolute Gasteiger partial charge is 0.321 e. The molecule has 5 rings (SSSR count). The van der Waals surface area contributed by atoms with Crippen LogP contribution in [-0.4, -0.2) is 61.3 Å². The summed E-state index contributed by atoms with van der Waals surface area (Å²) < 4.78 is 18.9. The van der Waals surface area contributed by atoms with E-state index in [1.807, 2.05) is 4.90 Å². The molecule has 0 radical (unpaired) electrons. The number of halogens is 1. The lowest BCUT2D eigenvalue weighted by molar-refractivity contribution is -0.0663. The Morgan fingerprint density at radius 3 is 2.44 bits per heavy atom. The average molecular weight is 488 g/mol. The van der Waals surface area contributed by atoms with Gasteiger partial charge in [-0.25, -0.2) is 9.18 Å². The number of nitrogens with one attached hydrogen (secondary N) is 1. The topological polar surface area (TPSA) is 44.8 Å². The summed E-state index contributed by atoms with van der Waals surface area (Å²) in [5.74, 6) is -0.0278. The molecule has 2 amide bonds. The number of carbonyl (C=O) groups excluding carboxylic acids is 1. The van der Waals surface area contributed by atoms with E-state index in [1.165, 1.54) is 34.4 Å². The van der Waals surface area contributed by atoms with E-state index in [-0.39, 0.29) is 23.8 Å². The lowest BCUT2D eigenvalue weighted by atomic mass is 9.74. The molecular weight excluding hydrogens is 453 g/mol. The molecule has 0 bridgehead atoms. The van der Waals surface area contributed by atoms with Gasteiger partial charge in [0.1, 0.15) is 5.82 Å². The zero-order valence-corrected chi connectivity index (χ0v) is 21.0. The maximum atomic E-state index is 13.3. The summed E-state index contributed by atoms with van der Waals surface area (Å²) in [4.78, 5) is 17.6. The van der Waals surface area contributed by atoms with Gasteiger partial charge in [0.25, 0.3) is 0 Å². The minimum Gasteiger partial charge on any atom is -0.383 e. The highest BCUT2D eigenvalue weighted by Crippen LogP contribution is 2.42. The summed E-state index contributed by atoms with van der Waals surface area (Å²) >= 11 is 0. The Morgan fingerprint density at radius 1 is 1.00 bits per heavy atom. The number of nitrogens with zero attached hydrogens (tertiary/aromatic N) is 2. The van der Waals surface area contributed by atoms with Crippen LogP contribution in [0.5, 0.6) is 0 Å². The number of hydrogen-bond donors (Lipinski definition) is 1. The number of benzene rings is 3. The zero-order valence-electron chi connectivity index (χ0n) is 21.0. The lowest BCUT2D eigenvalue weighted by Gasteiger charge is -2.57. The van der Waals surface area contributed by atoms with E-state index in [9.17, 15) is 9.18 Å². The van der Waals surface area contributed by atoms with Gasteiger partial charge in [-0.3, -0.25) is 4.90 Å². The Kier molecular flexibility index (Phi) is 7.35. The predicted molar refractivity (Wildman–Crippen MR) is 142 cm³/mol. The lowest BCUT2D eigenvalue weighted by Crippen LogP contribution is -2.68. The van der Waals surface area contributed by atoms with Crippen molar-refractivity contribution in [2.24, 2.45) is 0 Å². The third-order valence-corrected chi connectivity index (χ3v) is 7.65. The van der Waals surface area contributed by atoms with Gasteiger partial charge in [0.15, 0.2) is 0 Å². The van der Waals surface area contributed by atoms with Gasteiger partial charge in [-0.05, 0) is 72.8 Å². The Hall–Kier alpha value is -3.22. The van der Waals surface area contributed by atoms with Gasteiger partial charge in [-0.2, -0.15) is 0 Å². The number of aryl methyl sites for hydroxylation is 1. The second-order valence-electron chi connectivity index (χ2n) is 9.88. The summed E-state index contributed by atoms with van der Waals surface area (Å²) in [6.07, 6.45) is 1.99. The van der Waals surface area contributed by atoms with Crippen LogP contribution in [0.4, 0.5) is 14.9 Å². The third-order valence-electron chi connectivity index (χ3n) is 7.65. The van der Waals surface area contributed by atoms with Crippen LogP contribution in [0.1, 0.15) is 29.9 Å². The Morgan fingerprint density at radius 2 is 1.72 bits per heavy atom. The first kappa shape index (κ1) is 24.5. The minimum atomic E-state index is -0.315. The van der Waals surface area contributed by atoms with Gasteiger partial charge in [0, 0.05) is 43.9 Å². The van der Waals surface area contributed by atoms with Gasteiger partial charge >= 0.3 is 6.03 Å². The monoisotopic (exact) mass is 487 g/mol. The summed E-state index contributed by atoms with van der Waals surface area (Å²) in [6, 6.07) is 23.7. The first-order valence-electron chi connectivity index (χ1n) is 12.8. The number of rotatable bonds is 5. The molecule has 1 N–H and O–H groups in total. The second kappa shape index (κ2) is 10.8. The van der Waals surface area contributed by atoms with Gasteiger partial charge < -0.3 is 15.0 Å². The predicted octanol–water partition coefficient (Wildman–Crippen LogP) is 5.91. The molecule has 0 aliphatic carbocycles. The highest BCUT2D eigenvalue weighted by molar-refractivity contribution is 5.89. The number of hydrogen-bond acceptors (Lipinski definition) is 3. The highest BCUT2D eigenvalue weighted by Gasteiger charge is 2.49. The van der Waals surface area contributed by atoms with Crippen molar-refractivity contribution in [3.8, 4) is 11.1 Å². The molecule has 2 heterocycles. The molecule has 3 aromatic rings. The molecule has 3 atom stereocenters. The summed E-state index contributed by atoms with van der Waals surface area (Å²) in [5, 5.41) is 2.95. The molecule has 0 unspecified atom stereocenters. The molecule has 2 fully saturated rings. The summed E-state index contributed by atoms with van der Waals surface area (Å²) in [7, 11) is 1.76. The molecule has 2 aliphatic heterocycles. The minimum absolute atomic E-state index is 0.132. The van der Waals surface area contributed by atoms with Crippen LogP contribution in [-0.2, 0) is 4.74 Å². The molecule has 0 spiro atoms. The van der Waals surface area contributed by atoms with E-state index in [4.69, 9.17) is 4.74 Å². The quantitative estimate of drug-likeness (QED) is 0.487. The average Bonchev–Trinajstić information content (AvgIpc) is 2.87. The molecule has 0 aromatic heterocycles. The Bertz CT molecular complexity index is 1180. The maximum absolute atomic E-state index is 13.3. The van der Waals surface area contributed by atoms with Gasteiger partial charge in [-0.1, -0.05) is 48.5 Å². The van der Waals surface area contributed by atoms with E-state index in [1.54, 1.807) is 19.2 Å². The molecular formula is C30H34FN3O2. The number of amides is 2. The molecule has 188 valence electrons. The molecule has 5 nitrogen and oxygen atoms in total. The van der Waals surface area contributed by atoms with Crippen molar-refractivity contribution in [3.05, 3.63) is 89.7 Å². The fourth-order valence-corrected chi connectivity index (χ4v) is 5.79. The van der Waals surface area contributed by atoms with E-state index >= 15 is 0 Å². The number of ether oxygens (including phenoxy) is 1. The number of fused-ring (bicyclic) bond motifs is 1. The SMILES string of the molecule is COC[C@@H]1[C@H](c2ccc(-c3ccccc3C)cc2)[C@@H]2CN(C(=O)Nc3ccc(F)cc3)CCCCN12. The van der Waals surface area contributed by atoms with Crippen molar-refractivity contribution in [2.45, 2.75) is 37.8 Å². The van der Waals surface area contributed by atoms with Crippen molar-refractivity contribution in [1.82, 2.24) is 9.80 Å². The summed E-state index contributed by atoms with van der Waals surface area (Å²) in [6.45, 7) is 5.19. The van der Waals surface area contributed by atoms with Crippen LogP contribution >= 0.6 is 0 Å². The van der Waals surface area contributed by atoms with E-state index < -0.39 is 0 Å². The highest BCUT2D eigenvalue weighted by atomic mass is 19.1. The number of carbonyl (C=O) groups is 1. The molecule has 6 heteroatoms.